The molecule has 1 aromatic carbocycles. The lowest BCUT2D eigenvalue weighted by Crippen LogP contribution is -2.48. The topological polar surface area (TPSA) is 72.3 Å². The van der Waals surface area contributed by atoms with Crippen molar-refractivity contribution in [1.29, 1.82) is 0 Å². The molecule has 1 saturated heterocycles. The molecule has 1 saturated carbocycles. The van der Waals surface area contributed by atoms with Gasteiger partial charge in [-0.05, 0) is 56.4 Å². The van der Waals surface area contributed by atoms with Crippen molar-refractivity contribution < 1.29 is 13.2 Å². The van der Waals surface area contributed by atoms with Crippen LogP contribution in [0.2, 0.25) is 0 Å². The van der Waals surface area contributed by atoms with Gasteiger partial charge < -0.3 is 9.47 Å². The highest BCUT2D eigenvalue weighted by molar-refractivity contribution is 7.91. The zero-order valence-electron chi connectivity index (χ0n) is 16.0. The van der Waals surface area contributed by atoms with Crippen LogP contribution in [-0.4, -0.2) is 52.4 Å². The van der Waals surface area contributed by atoms with Crippen molar-refractivity contribution in [1.82, 2.24) is 14.5 Å². The number of hydrogen-bond acceptors (Lipinski definition) is 4. The number of fused-ring (bicyclic) bond motifs is 1. The van der Waals surface area contributed by atoms with E-state index in [1.54, 1.807) is 6.33 Å². The summed E-state index contributed by atoms with van der Waals surface area (Å²) in [5.41, 5.74) is 4.20. The van der Waals surface area contributed by atoms with Gasteiger partial charge in [-0.25, -0.2) is 13.4 Å². The standard InChI is InChI=1S/C20H27N3O3S/c1-14-9-18-19(10-15(14)2)22(13-21-18)11-20(24)23(16-5-3-4-6-16)17-7-8-27(25,26)12-17/h9-10,13,16-17H,3-8,11-12H2,1-2H3. The monoisotopic (exact) mass is 389 g/mol. The van der Waals surface area contributed by atoms with Crippen molar-refractivity contribution >= 4 is 26.8 Å². The second-order valence-corrected chi connectivity index (χ2v) is 10.3. The summed E-state index contributed by atoms with van der Waals surface area (Å²) in [5.74, 6) is 0.320. The van der Waals surface area contributed by atoms with Gasteiger partial charge in [0, 0.05) is 12.1 Å². The fourth-order valence-electron chi connectivity index (χ4n) is 4.55. The van der Waals surface area contributed by atoms with Crippen molar-refractivity contribution in [2.45, 2.75) is 64.6 Å². The van der Waals surface area contributed by atoms with Gasteiger partial charge in [-0.15, -0.1) is 0 Å². The van der Waals surface area contributed by atoms with E-state index in [0.717, 1.165) is 36.7 Å². The van der Waals surface area contributed by atoms with E-state index in [1.165, 1.54) is 11.1 Å². The molecular weight excluding hydrogens is 362 g/mol. The molecule has 2 heterocycles. The molecule has 1 aliphatic carbocycles. The minimum Gasteiger partial charge on any atom is -0.334 e. The number of carbonyl (C=O) groups is 1. The first-order valence-electron chi connectivity index (χ1n) is 9.78. The maximum absolute atomic E-state index is 13.3. The molecule has 0 spiro atoms. The summed E-state index contributed by atoms with van der Waals surface area (Å²) in [6.45, 7) is 4.33. The predicted octanol–water partition coefficient (Wildman–Crippen LogP) is 2.61. The van der Waals surface area contributed by atoms with E-state index in [2.05, 4.69) is 24.9 Å². The first kappa shape index (κ1) is 18.5. The van der Waals surface area contributed by atoms with Crippen molar-refractivity contribution in [2.75, 3.05) is 11.5 Å². The Bertz CT molecular complexity index is 974. The molecule has 2 fully saturated rings. The van der Waals surface area contributed by atoms with E-state index in [9.17, 15) is 13.2 Å². The minimum absolute atomic E-state index is 0.0153. The van der Waals surface area contributed by atoms with E-state index in [1.807, 2.05) is 15.5 Å². The number of benzene rings is 1. The zero-order chi connectivity index (χ0) is 19.2. The molecule has 2 aromatic rings. The number of sulfone groups is 1. The van der Waals surface area contributed by atoms with Crippen LogP contribution >= 0.6 is 0 Å². The number of aryl methyl sites for hydroxylation is 2. The van der Waals surface area contributed by atoms with E-state index in [0.29, 0.717) is 6.42 Å². The van der Waals surface area contributed by atoms with Crippen molar-refractivity contribution in [3.05, 3.63) is 29.6 Å². The number of rotatable bonds is 4. The van der Waals surface area contributed by atoms with E-state index in [4.69, 9.17) is 0 Å². The van der Waals surface area contributed by atoms with Crippen LogP contribution in [-0.2, 0) is 21.2 Å². The summed E-state index contributed by atoms with van der Waals surface area (Å²) in [5, 5.41) is 0. The summed E-state index contributed by atoms with van der Waals surface area (Å²) in [6.07, 6.45) is 6.46. The Morgan fingerprint density at radius 2 is 1.85 bits per heavy atom. The molecule has 0 bridgehead atoms. The van der Waals surface area contributed by atoms with Crippen LogP contribution in [0.15, 0.2) is 18.5 Å². The van der Waals surface area contributed by atoms with Gasteiger partial charge >= 0.3 is 0 Å². The Kier molecular flexibility index (Phi) is 4.74. The number of hydrogen-bond donors (Lipinski definition) is 0. The van der Waals surface area contributed by atoms with Crippen LogP contribution in [0.25, 0.3) is 11.0 Å². The lowest BCUT2D eigenvalue weighted by molar-refractivity contribution is -0.136. The second-order valence-electron chi connectivity index (χ2n) is 8.09. The Hall–Kier alpha value is -1.89. The molecule has 27 heavy (non-hydrogen) atoms. The Morgan fingerprint density at radius 1 is 1.15 bits per heavy atom. The molecule has 4 rings (SSSR count). The van der Waals surface area contributed by atoms with Crippen LogP contribution < -0.4 is 0 Å². The normalized spacial score (nSPS) is 22.5. The minimum atomic E-state index is -3.02. The Labute approximate surface area is 160 Å². The van der Waals surface area contributed by atoms with Crippen LogP contribution in [0, 0.1) is 13.8 Å². The number of carbonyl (C=O) groups excluding carboxylic acids is 1. The number of aromatic nitrogens is 2. The number of amides is 1. The molecule has 7 heteroatoms. The smallest absolute Gasteiger partial charge is 0.243 e. The van der Waals surface area contributed by atoms with Crippen LogP contribution in [0.4, 0.5) is 0 Å². The highest BCUT2D eigenvalue weighted by Crippen LogP contribution is 2.30. The fourth-order valence-corrected chi connectivity index (χ4v) is 6.26. The quantitative estimate of drug-likeness (QED) is 0.806. The first-order valence-corrected chi connectivity index (χ1v) is 11.6. The molecule has 0 radical (unpaired) electrons. The van der Waals surface area contributed by atoms with E-state index >= 15 is 0 Å². The maximum Gasteiger partial charge on any atom is 0.243 e. The molecule has 1 amide bonds. The molecule has 146 valence electrons. The maximum atomic E-state index is 13.3. The van der Waals surface area contributed by atoms with Crippen LogP contribution in [0.5, 0.6) is 0 Å². The molecule has 1 unspecified atom stereocenters. The highest BCUT2D eigenvalue weighted by atomic mass is 32.2. The average molecular weight is 390 g/mol. The van der Waals surface area contributed by atoms with Gasteiger partial charge in [0.25, 0.3) is 0 Å². The van der Waals surface area contributed by atoms with Gasteiger partial charge in [0.05, 0.1) is 28.9 Å². The molecule has 1 aromatic heterocycles. The molecular formula is C20H27N3O3S. The van der Waals surface area contributed by atoms with Gasteiger partial charge in [-0.2, -0.15) is 0 Å². The zero-order valence-corrected chi connectivity index (χ0v) is 16.8. The molecule has 2 aliphatic rings. The number of nitrogens with zero attached hydrogens (tertiary/aromatic N) is 3. The summed E-state index contributed by atoms with van der Waals surface area (Å²) in [7, 11) is -3.02. The van der Waals surface area contributed by atoms with Gasteiger partial charge in [-0.3, -0.25) is 4.79 Å². The van der Waals surface area contributed by atoms with Gasteiger partial charge in [0.1, 0.15) is 6.54 Å². The van der Waals surface area contributed by atoms with E-state index < -0.39 is 9.84 Å². The summed E-state index contributed by atoms with van der Waals surface area (Å²) in [4.78, 5) is 19.6. The lowest BCUT2D eigenvalue weighted by Gasteiger charge is -2.34. The van der Waals surface area contributed by atoms with Crippen molar-refractivity contribution in [3.8, 4) is 0 Å². The highest BCUT2D eigenvalue weighted by Gasteiger charge is 2.39. The van der Waals surface area contributed by atoms with Crippen LogP contribution in [0.3, 0.4) is 0 Å². The first-order chi connectivity index (χ1) is 12.8. The third-order valence-electron chi connectivity index (χ3n) is 6.15. The largest absolute Gasteiger partial charge is 0.334 e. The third-order valence-corrected chi connectivity index (χ3v) is 7.90. The fraction of sp³-hybridized carbons (Fsp3) is 0.600. The summed E-state index contributed by atoms with van der Waals surface area (Å²) < 4.78 is 25.9. The number of imidazole rings is 1. The van der Waals surface area contributed by atoms with Gasteiger partial charge in [0.15, 0.2) is 9.84 Å². The lowest BCUT2D eigenvalue weighted by atomic mass is 10.1. The Balaban J connectivity index is 1.61. The SMILES string of the molecule is Cc1cc2ncn(CC(=O)N(C3CCCC3)C3CCS(=O)(=O)C3)c2cc1C. The summed E-state index contributed by atoms with van der Waals surface area (Å²) in [6, 6.07) is 4.12. The van der Waals surface area contributed by atoms with Crippen molar-refractivity contribution in [2.24, 2.45) is 0 Å². The molecule has 1 aliphatic heterocycles. The third kappa shape index (κ3) is 3.61. The summed E-state index contributed by atoms with van der Waals surface area (Å²) >= 11 is 0. The molecule has 0 N–H and O–H groups in total. The van der Waals surface area contributed by atoms with Gasteiger partial charge in [-0.1, -0.05) is 12.8 Å². The average Bonchev–Trinajstić information content (AvgIpc) is 3.32. The molecule has 6 nitrogen and oxygen atoms in total. The van der Waals surface area contributed by atoms with Gasteiger partial charge in [0.2, 0.25) is 5.91 Å². The Morgan fingerprint density at radius 3 is 2.52 bits per heavy atom. The predicted molar refractivity (Wildman–Crippen MR) is 105 cm³/mol. The second kappa shape index (κ2) is 6.93. The van der Waals surface area contributed by atoms with E-state index in [-0.39, 0.29) is 36.0 Å². The van der Waals surface area contributed by atoms with Crippen molar-refractivity contribution in [3.63, 3.8) is 0 Å². The van der Waals surface area contributed by atoms with Crippen LogP contribution in [0.1, 0.15) is 43.2 Å². The molecule has 1 atom stereocenters.